The zero-order chi connectivity index (χ0) is 20.4. The molecule has 1 amide bonds. The number of amides is 1. The maximum atomic E-state index is 12.6. The molecule has 3 rings (SSSR count). The first-order valence-corrected chi connectivity index (χ1v) is 8.75. The molecular weight excluding hydrogens is 408 g/mol. The second kappa shape index (κ2) is 7.59. The molecule has 0 saturated carbocycles. The molecule has 9 nitrogen and oxygen atoms in total. The Morgan fingerprint density at radius 3 is 2.39 bits per heavy atom. The number of aromatic nitrogens is 1. The summed E-state index contributed by atoms with van der Waals surface area (Å²) in [6.45, 7) is 0.128. The summed E-state index contributed by atoms with van der Waals surface area (Å²) in [7, 11) is 0. The predicted octanol–water partition coefficient (Wildman–Crippen LogP) is 3.55. The highest BCUT2D eigenvalue weighted by molar-refractivity contribution is 7.16. The number of thiazole rings is 1. The van der Waals surface area contributed by atoms with Crippen molar-refractivity contribution in [2.45, 2.75) is 6.54 Å². The molecule has 0 spiro atoms. The van der Waals surface area contributed by atoms with Gasteiger partial charge in [-0.05, 0) is 18.2 Å². The van der Waals surface area contributed by atoms with Crippen molar-refractivity contribution in [3.63, 3.8) is 0 Å². The van der Waals surface area contributed by atoms with Gasteiger partial charge >= 0.3 is 0 Å². The lowest BCUT2D eigenvalue weighted by Crippen LogP contribution is -2.16. The van der Waals surface area contributed by atoms with E-state index in [9.17, 15) is 25.0 Å². The van der Waals surface area contributed by atoms with Gasteiger partial charge in [0.2, 0.25) is 0 Å². The lowest BCUT2D eigenvalue weighted by Gasteiger charge is -2.00. The van der Waals surface area contributed by atoms with Crippen molar-refractivity contribution in [3.05, 3.63) is 72.0 Å². The van der Waals surface area contributed by atoms with E-state index in [2.05, 4.69) is 10.9 Å². The van der Waals surface area contributed by atoms with Gasteiger partial charge in [-0.2, -0.15) is 4.99 Å². The van der Waals surface area contributed by atoms with Crippen molar-refractivity contribution >= 4 is 50.4 Å². The van der Waals surface area contributed by atoms with Gasteiger partial charge in [0, 0.05) is 17.2 Å². The molecule has 0 atom stereocenters. The molecule has 1 heterocycles. The van der Waals surface area contributed by atoms with Crippen LogP contribution in [0.4, 0.5) is 11.4 Å². The number of hydrogen-bond donors (Lipinski definition) is 0. The number of carbonyl (C=O) groups is 1. The van der Waals surface area contributed by atoms with E-state index in [1.54, 1.807) is 22.8 Å². The monoisotopic (exact) mass is 416 g/mol. The molecular formula is C17H9ClN4O5S. The molecule has 0 aliphatic heterocycles. The number of non-ortho nitro benzene ring substituents is 2. The molecule has 140 valence electrons. The summed E-state index contributed by atoms with van der Waals surface area (Å²) < 4.78 is 2.35. The highest BCUT2D eigenvalue weighted by Gasteiger charge is 2.20. The second-order valence-corrected chi connectivity index (χ2v) is 6.90. The molecule has 0 aliphatic rings. The Bertz CT molecular complexity index is 1220. The highest BCUT2D eigenvalue weighted by Crippen LogP contribution is 2.24. The zero-order valence-electron chi connectivity index (χ0n) is 13.9. The molecule has 0 N–H and O–H groups in total. The van der Waals surface area contributed by atoms with Gasteiger partial charge in [-0.3, -0.25) is 25.0 Å². The van der Waals surface area contributed by atoms with Crippen LogP contribution in [0.1, 0.15) is 10.4 Å². The van der Waals surface area contributed by atoms with Crippen molar-refractivity contribution in [1.82, 2.24) is 4.57 Å². The van der Waals surface area contributed by atoms with Crippen molar-refractivity contribution in [2.75, 3.05) is 0 Å². The smallest absolute Gasteiger partial charge is 0.280 e. The van der Waals surface area contributed by atoms with Gasteiger partial charge in [0.25, 0.3) is 17.3 Å². The Hall–Kier alpha value is -3.55. The summed E-state index contributed by atoms with van der Waals surface area (Å²) >= 11 is 7.13. The Kier molecular flexibility index (Phi) is 5.21. The number of fused-ring (bicyclic) bond motifs is 1. The number of terminal acetylenes is 1. The fraction of sp³-hybridized carbons (Fsp3) is 0.0588. The normalized spacial score (nSPS) is 11.4. The molecule has 0 unspecified atom stereocenters. The Morgan fingerprint density at radius 2 is 1.82 bits per heavy atom. The lowest BCUT2D eigenvalue weighted by molar-refractivity contribution is -0.394. The molecule has 0 radical (unpaired) electrons. The van der Waals surface area contributed by atoms with Crippen LogP contribution in [0.5, 0.6) is 0 Å². The van der Waals surface area contributed by atoms with Gasteiger partial charge in [-0.1, -0.05) is 28.9 Å². The first-order chi connectivity index (χ1) is 13.3. The zero-order valence-corrected chi connectivity index (χ0v) is 15.4. The van der Waals surface area contributed by atoms with Crippen LogP contribution in [0, 0.1) is 32.6 Å². The van der Waals surface area contributed by atoms with E-state index in [1.165, 1.54) is 0 Å². The third kappa shape index (κ3) is 3.75. The van der Waals surface area contributed by atoms with Crippen LogP contribution < -0.4 is 4.80 Å². The molecule has 0 aliphatic carbocycles. The first kappa shape index (κ1) is 19.2. The maximum absolute atomic E-state index is 12.6. The fourth-order valence-electron chi connectivity index (χ4n) is 2.46. The van der Waals surface area contributed by atoms with Crippen LogP contribution >= 0.6 is 22.9 Å². The minimum Gasteiger partial charge on any atom is -0.305 e. The number of hydrogen-bond acceptors (Lipinski definition) is 6. The number of halogens is 1. The van der Waals surface area contributed by atoms with Crippen LogP contribution in [0.2, 0.25) is 5.02 Å². The van der Waals surface area contributed by atoms with E-state index in [4.69, 9.17) is 18.0 Å². The minimum absolute atomic E-state index is 0.128. The quantitative estimate of drug-likeness (QED) is 0.366. The van der Waals surface area contributed by atoms with Crippen molar-refractivity contribution in [2.24, 2.45) is 4.99 Å². The SMILES string of the molecule is C#CCn1c(=NC(=O)c2cc([N+](=O)[O-])cc([N+](=O)[O-])c2)sc2cc(Cl)ccc21. The van der Waals surface area contributed by atoms with Crippen LogP contribution in [0.15, 0.2) is 41.4 Å². The maximum Gasteiger partial charge on any atom is 0.280 e. The number of nitro groups is 2. The average molecular weight is 417 g/mol. The average Bonchev–Trinajstić information content (AvgIpc) is 2.97. The van der Waals surface area contributed by atoms with E-state index >= 15 is 0 Å². The van der Waals surface area contributed by atoms with Crippen LogP contribution in [-0.2, 0) is 6.54 Å². The third-order valence-electron chi connectivity index (χ3n) is 3.66. The van der Waals surface area contributed by atoms with Crippen molar-refractivity contribution < 1.29 is 14.6 Å². The molecule has 2 aromatic carbocycles. The Morgan fingerprint density at radius 1 is 1.18 bits per heavy atom. The van der Waals surface area contributed by atoms with Crippen LogP contribution in [0.3, 0.4) is 0 Å². The molecule has 28 heavy (non-hydrogen) atoms. The van der Waals surface area contributed by atoms with E-state index in [0.717, 1.165) is 34.2 Å². The molecule has 0 saturated heterocycles. The second-order valence-electron chi connectivity index (χ2n) is 5.46. The molecule has 0 bridgehead atoms. The molecule has 11 heteroatoms. The molecule has 3 aromatic rings. The summed E-state index contributed by atoms with van der Waals surface area (Å²) in [5, 5.41) is 22.5. The minimum atomic E-state index is -0.866. The van der Waals surface area contributed by atoms with E-state index in [-0.39, 0.29) is 16.9 Å². The highest BCUT2D eigenvalue weighted by atomic mass is 35.5. The number of nitro benzene ring substituents is 2. The summed E-state index contributed by atoms with van der Waals surface area (Å²) in [6.07, 6.45) is 5.39. The van der Waals surface area contributed by atoms with Crippen LogP contribution in [0.25, 0.3) is 10.2 Å². The van der Waals surface area contributed by atoms with E-state index < -0.39 is 27.1 Å². The largest absolute Gasteiger partial charge is 0.305 e. The van der Waals surface area contributed by atoms with Crippen molar-refractivity contribution in [3.8, 4) is 12.3 Å². The Balaban J connectivity index is 2.18. The van der Waals surface area contributed by atoms with Crippen LogP contribution in [-0.4, -0.2) is 20.3 Å². The topological polar surface area (TPSA) is 121 Å². The number of rotatable bonds is 4. The summed E-state index contributed by atoms with van der Waals surface area (Å²) in [5.41, 5.74) is -0.715. The Labute approximate surface area is 165 Å². The van der Waals surface area contributed by atoms with Gasteiger partial charge in [0.15, 0.2) is 4.80 Å². The van der Waals surface area contributed by atoms with Gasteiger partial charge in [-0.25, -0.2) is 0 Å². The van der Waals surface area contributed by atoms with Gasteiger partial charge in [0.1, 0.15) is 0 Å². The number of nitrogens with zero attached hydrogens (tertiary/aromatic N) is 4. The van der Waals surface area contributed by atoms with E-state index in [0.29, 0.717) is 10.5 Å². The summed E-state index contributed by atoms with van der Waals surface area (Å²) in [4.78, 5) is 37.2. The predicted molar refractivity (Wildman–Crippen MR) is 103 cm³/mol. The standard InChI is InChI=1S/C17H9ClN4O5S/c1-2-5-20-14-4-3-11(18)8-15(14)28-17(20)19-16(23)10-6-12(21(24)25)9-13(7-10)22(26)27/h1,3-4,6-9H,5H2. The molecule has 0 fully saturated rings. The molecule has 1 aromatic heterocycles. The number of benzene rings is 2. The number of carbonyl (C=O) groups excluding carboxylic acids is 1. The third-order valence-corrected chi connectivity index (χ3v) is 4.94. The lowest BCUT2D eigenvalue weighted by atomic mass is 10.1. The van der Waals surface area contributed by atoms with Gasteiger partial charge in [0.05, 0.1) is 38.2 Å². The van der Waals surface area contributed by atoms with Gasteiger partial charge in [-0.15, -0.1) is 6.42 Å². The fourth-order valence-corrected chi connectivity index (χ4v) is 3.76. The summed E-state index contributed by atoms with van der Waals surface area (Å²) in [5.74, 6) is 1.60. The van der Waals surface area contributed by atoms with Gasteiger partial charge < -0.3 is 4.57 Å². The summed E-state index contributed by atoms with van der Waals surface area (Å²) in [6, 6.07) is 7.74. The van der Waals surface area contributed by atoms with Crippen molar-refractivity contribution in [1.29, 1.82) is 0 Å². The van der Waals surface area contributed by atoms with E-state index in [1.807, 2.05) is 0 Å². The first-order valence-electron chi connectivity index (χ1n) is 7.55.